The Morgan fingerprint density at radius 1 is 0.917 bits per heavy atom. The smallest absolute Gasteiger partial charge is 0.453 e. The zero-order valence-electron chi connectivity index (χ0n) is 14.8. The molecule has 0 heterocycles. The summed E-state index contributed by atoms with van der Waals surface area (Å²) in [6, 6.07) is 0. The Kier molecular flexibility index (Phi) is 3.92. The molecule has 0 aromatic rings. The number of ketones is 1. The van der Waals surface area contributed by atoms with Crippen LogP contribution in [0, 0.1) is 11.8 Å². The van der Waals surface area contributed by atoms with Gasteiger partial charge < -0.3 is 14.2 Å². The molecule has 6 heteroatoms. The molecule has 6 nitrogen and oxygen atoms in total. The third-order valence-corrected chi connectivity index (χ3v) is 5.24. The second kappa shape index (κ2) is 5.46. The van der Waals surface area contributed by atoms with Gasteiger partial charge in [-0.2, -0.15) is 0 Å². The van der Waals surface area contributed by atoms with Crippen molar-refractivity contribution in [1.29, 1.82) is 0 Å². The van der Waals surface area contributed by atoms with Crippen molar-refractivity contribution >= 4 is 17.9 Å². The highest BCUT2D eigenvalue weighted by atomic mass is 16.7. The van der Waals surface area contributed by atoms with Crippen molar-refractivity contribution in [3.05, 3.63) is 0 Å². The Morgan fingerprint density at radius 3 is 1.88 bits per heavy atom. The molecule has 2 unspecified atom stereocenters. The molecule has 134 valence electrons. The third-order valence-electron chi connectivity index (χ3n) is 5.24. The van der Waals surface area contributed by atoms with Crippen molar-refractivity contribution in [2.24, 2.45) is 11.8 Å². The lowest BCUT2D eigenvalue weighted by Gasteiger charge is -2.59. The molecule has 4 aliphatic rings. The molecule has 2 atom stereocenters. The van der Waals surface area contributed by atoms with E-state index in [9.17, 15) is 14.4 Å². The Morgan fingerprint density at radius 2 is 1.42 bits per heavy atom. The van der Waals surface area contributed by atoms with Crippen LogP contribution in [-0.4, -0.2) is 34.7 Å². The molecule has 4 rings (SSSR count). The maximum absolute atomic E-state index is 12.2. The number of esters is 1. The molecule has 0 spiro atoms. The van der Waals surface area contributed by atoms with Crippen LogP contribution in [0.4, 0.5) is 4.79 Å². The van der Waals surface area contributed by atoms with Gasteiger partial charge in [0.1, 0.15) is 16.8 Å². The molecule has 0 aromatic heterocycles. The largest absolute Gasteiger partial charge is 0.509 e. The Labute approximate surface area is 142 Å². The molecule has 0 N–H and O–H groups in total. The van der Waals surface area contributed by atoms with Crippen molar-refractivity contribution in [3.63, 3.8) is 0 Å². The van der Waals surface area contributed by atoms with Gasteiger partial charge in [-0.1, -0.05) is 0 Å². The van der Waals surface area contributed by atoms with E-state index in [1.165, 1.54) is 6.92 Å². The molecule has 0 saturated heterocycles. The van der Waals surface area contributed by atoms with Crippen LogP contribution < -0.4 is 0 Å². The van der Waals surface area contributed by atoms with Crippen LogP contribution >= 0.6 is 0 Å². The maximum atomic E-state index is 12.2. The number of carbonyl (C=O) groups excluding carboxylic acids is 3. The Balaban J connectivity index is 1.77. The third kappa shape index (κ3) is 3.42. The number of ether oxygens (including phenoxy) is 3. The summed E-state index contributed by atoms with van der Waals surface area (Å²) in [5, 5.41) is 0. The van der Waals surface area contributed by atoms with Crippen LogP contribution in [0.1, 0.15) is 66.2 Å². The van der Waals surface area contributed by atoms with E-state index in [-0.39, 0.29) is 0 Å². The van der Waals surface area contributed by atoms with Crippen LogP contribution in [0.15, 0.2) is 0 Å². The van der Waals surface area contributed by atoms with Crippen molar-refractivity contribution in [1.82, 2.24) is 0 Å². The lowest BCUT2D eigenvalue weighted by Crippen LogP contribution is -2.62. The number of hydrogen-bond donors (Lipinski definition) is 0. The number of carbonyl (C=O) groups is 3. The number of hydrogen-bond acceptors (Lipinski definition) is 6. The average molecular weight is 338 g/mol. The van der Waals surface area contributed by atoms with E-state index in [1.54, 1.807) is 20.8 Å². The molecule has 4 fully saturated rings. The summed E-state index contributed by atoms with van der Waals surface area (Å²) in [6.45, 7) is 6.61. The van der Waals surface area contributed by atoms with E-state index < -0.39 is 34.7 Å². The van der Waals surface area contributed by atoms with Gasteiger partial charge in [0.05, 0.1) is 0 Å². The van der Waals surface area contributed by atoms with Crippen LogP contribution in [0.5, 0.6) is 0 Å². The summed E-state index contributed by atoms with van der Waals surface area (Å²) in [5.41, 5.74) is -1.92. The fourth-order valence-electron chi connectivity index (χ4n) is 5.05. The molecule has 4 bridgehead atoms. The van der Waals surface area contributed by atoms with Gasteiger partial charge in [-0.3, -0.25) is 4.79 Å². The zero-order chi connectivity index (χ0) is 17.8. The molecule has 4 aliphatic carbocycles. The molecule has 0 amide bonds. The molecular formula is C18H26O6. The first kappa shape index (κ1) is 17.2. The predicted molar refractivity (Wildman–Crippen MR) is 84.2 cm³/mol. The first-order chi connectivity index (χ1) is 11.0. The summed E-state index contributed by atoms with van der Waals surface area (Å²) in [5.74, 6) is -0.667. The van der Waals surface area contributed by atoms with Gasteiger partial charge in [-0.15, -0.1) is 0 Å². The van der Waals surface area contributed by atoms with Crippen LogP contribution in [-0.2, 0) is 23.8 Å². The summed E-state index contributed by atoms with van der Waals surface area (Å²) >= 11 is 0. The van der Waals surface area contributed by atoms with E-state index in [0.717, 1.165) is 32.1 Å². The minimum atomic E-state index is -0.788. The lowest BCUT2D eigenvalue weighted by molar-refractivity contribution is -0.224. The second-order valence-electron chi connectivity index (χ2n) is 8.84. The van der Waals surface area contributed by atoms with E-state index >= 15 is 0 Å². The van der Waals surface area contributed by atoms with Gasteiger partial charge in [0.2, 0.25) is 5.78 Å². The summed E-state index contributed by atoms with van der Waals surface area (Å²) in [7, 11) is 0. The maximum Gasteiger partial charge on any atom is 0.509 e. The molecule has 24 heavy (non-hydrogen) atoms. The normalized spacial score (nSPS) is 37.0. The quantitative estimate of drug-likeness (QED) is 0.581. The van der Waals surface area contributed by atoms with Crippen molar-refractivity contribution < 1.29 is 28.6 Å². The van der Waals surface area contributed by atoms with Crippen molar-refractivity contribution in [2.75, 3.05) is 0 Å². The van der Waals surface area contributed by atoms with E-state index in [0.29, 0.717) is 18.3 Å². The van der Waals surface area contributed by atoms with E-state index in [2.05, 4.69) is 0 Å². The molecule has 0 radical (unpaired) electrons. The lowest BCUT2D eigenvalue weighted by atomic mass is 9.52. The Hall–Kier alpha value is -1.59. The Bertz CT molecular complexity index is 559. The van der Waals surface area contributed by atoms with Crippen molar-refractivity contribution in [2.45, 2.75) is 83.0 Å². The monoisotopic (exact) mass is 338 g/mol. The average Bonchev–Trinajstić information content (AvgIpc) is 2.32. The van der Waals surface area contributed by atoms with Crippen LogP contribution in [0.25, 0.3) is 0 Å². The van der Waals surface area contributed by atoms with Gasteiger partial charge in [0.15, 0.2) is 0 Å². The summed E-state index contributed by atoms with van der Waals surface area (Å²) in [6.07, 6.45) is 3.93. The van der Waals surface area contributed by atoms with E-state index in [1.807, 2.05) is 0 Å². The zero-order valence-corrected chi connectivity index (χ0v) is 14.8. The first-order valence-corrected chi connectivity index (χ1v) is 8.66. The number of rotatable bonds is 3. The molecule has 0 aliphatic heterocycles. The second-order valence-corrected chi connectivity index (χ2v) is 8.84. The SMILES string of the molecule is CC(=O)C(=O)OC12CC3CC(CC(OC(=O)OC(C)(C)C)(C3)C1)C2. The fourth-order valence-corrected chi connectivity index (χ4v) is 5.05. The van der Waals surface area contributed by atoms with Crippen LogP contribution in [0.2, 0.25) is 0 Å². The van der Waals surface area contributed by atoms with Gasteiger partial charge in [0.25, 0.3) is 0 Å². The fraction of sp³-hybridized carbons (Fsp3) is 0.833. The van der Waals surface area contributed by atoms with Crippen LogP contribution in [0.3, 0.4) is 0 Å². The predicted octanol–water partition coefficient (Wildman–Crippen LogP) is 3.16. The molecule has 4 saturated carbocycles. The summed E-state index contributed by atoms with van der Waals surface area (Å²) < 4.78 is 16.7. The van der Waals surface area contributed by atoms with Crippen molar-refractivity contribution in [3.8, 4) is 0 Å². The van der Waals surface area contributed by atoms with Gasteiger partial charge in [-0.05, 0) is 64.7 Å². The van der Waals surface area contributed by atoms with Gasteiger partial charge >= 0.3 is 12.1 Å². The highest BCUT2D eigenvalue weighted by Gasteiger charge is 2.62. The standard InChI is InChI=1S/C18H26O6/c1-11(19)14(20)22-17-6-12-5-13(7-17)9-18(8-12,10-17)24-15(21)23-16(2,3)4/h12-13H,5-10H2,1-4H3. The highest BCUT2D eigenvalue weighted by Crippen LogP contribution is 2.60. The summed E-state index contributed by atoms with van der Waals surface area (Å²) in [4.78, 5) is 35.3. The number of Topliss-reactive ketones (excluding diaryl/α,β-unsaturated/α-hetero) is 1. The first-order valence-electron chi connectivity index (χ1n) is 8.66. The highest BCUT2D eigenvalue weighted by molar-refractivity contribution is 6.32. The molecular weight excluding hydrogens is 312 g/mol. The molecule has 0 aromatic carbocycles. The minimum Gasteiger partial charge on any atom is -0.453 e. The van der Waals surface area contributed by atoms with E-state index in [4.69, 9.17) is 14.2 Å². The minimum absolute atomic E-state index is 0.355. The van der Waals surface area contributed by atoms with Gasteiger partial charge in [-0.25, -0.2) is 9.59 Å². The topological polar surface area (TPSA) is 78.9 Å². The van der Waals surface area contributed by atoms with Gasteiger partial charge in [0, 0.05) is 13.3 Å².